The number of fused-ring (bicyclic) bond motifs is 1. The van der Waals surface area contributed by atoms with Crippen LogP contribution in [0.5, 0.6) is 0 Å². The molecule has 3 rings (SSSR count). The lowest BCUT2D eigenvalue weighted by Crippen LogP contribution is -2.30. The van der Waals surface area contributed by atoms with E-state index in [4.69, 9.17) is 0 Å². The maximum absolute atomic E-state index is 3.91. The van der Waals surface area contributed by atoms with Gasteiger partial charge in [0.15, 0.2) is 0 Å². The molecule has 106 valence electrons. The predicted octanol–water partition coefficient (Wildman–Crippen LogP) is 5.17. The van der Waals surface area contributed by atoms with Crippen molar-refractivity contribution in [1.29, 1.82) is 0 Å². The first-order valence-electron chi connectivity index (χ1n) is 7.33. The van der Waals surface area contributed by atoms with Crippen LogP contribution in [0.4, 0.5) is 0 Å². The van der Waals surface area contributed by atoms with E-state index in [1.807, 2.05) is 23.1 Å². The van der Waals surface area contributed by atoms with Gasteiger partial charge in [-0.15, -0.1) is 11.3 Å². The van der Waals surface area contributed by atoms with E-state index in [1.165, 1.54) is 34.6 Å². The van der Waals surface area contributed by atoms with Crippen LogP contribution in [0.1, 0.15) is 47.9 Å². The largest absolute Gasteiger partial charge is 0.302 e. The van der Waals surface area contributed by atoms with E-state index >= 15 is 0 Å². The molecule has 1 aromatic carbocycles. The summed E-state index contributed by atoms with van der Waals surface area (Å²) in [6.07, 6.45) is 2.43. The summed E-state index contributed by atoms with van der Waals surface area (Å²) in [5.41, 5.74) is 3.01. The van der Waals surface area contributed by atoms with Crippen molar-refractivity contribution in [3.8, 4) is 0 Å². The number of nitrogens with one attached hydrogen (secondary N) is 1. The first-order chi connectivity index (χ1) is 9.88. The van der Waals surface area contributed by atoms with Crippen LogP contribution in [-0.4, -0.2) is 5.75 Å². The van der Waals surface area contributed by atoms with Crippen molar-refractivity contribution in [1.82, 2.24) is 5.32 Å². The smallest absolute Gasteiger partial charge is 0.0420 e. The third-order valence-electron chi connectivity index (χ3n) is 3.84. The van der Waals surface area contributed by atoms with Crippen LogP contribution in [0, 0.1) is 0 Å². The molecule has 1 nitrogen and oxygen atoms in total. The molecule has 1 aliphatic rings. The van der Waals surface area contributed by atoms with E-state index in [0.717, 1.165) is 5.75 Å². The standard InChI is InChI=1S/C17H21NS2/c1-2-6-15(17-9-5-10-20-17)18-16-12-19-11-13-7-3-4-8-14(13)16/h3-5,7-10,15-16,18H,2,6,11-12H2,1H3. The molecule has 0 aliphatic carbocycles. The highest BCUT2D eigenvalue weighted by Crippen LogP contribution is 2.34. The molecule has 0 radical (unpaired) electrons. The number of hydrogen-bond donors (Lipinski definition) is 1. The zero-order valence-electron chi connectivity index (χ0n) is 11.8. The van der Waals surface area contributed by atoms with Crippen molar-refractivity contribution in [3.63, 3.8) is 0 Å². The summed E-state index contributed by atoms with van der Waals surface area (Å²) in [5.74, 6) is 2.34. The predicted molar refractivity (Wildman–Crippen MR) is 90.4 cm³/mol. The summed E-state index contributed by atoms with van der Waals surface area (Å²) in [5, 5.41) is 6.09. The second-order valence-electron chi connectivity index (χ2n) is 5.29. The van der Waals surface area contributed by atoms with Crippen molar-refractivity contribution in [2.75, 3.05) is 5.75 Å². The number of hydrogen-bond acceptors (Lipinski definition) is 3. The summed E-state index contributed by atoms with van der Waals surface area (Å²) in [6.45, 7) is 2.27. The van der Waals surface area contributed by atoms with Crippen molar-refractivity contribution in [2.24, 2.45) is 0 Å². The van der Waals surface area contributed by atoms with Crippen molar-refractivity contribution < 1.29 is 0 Å². The molecule has 20 heavy (non-hydrogen) atoms. The van der Waals surface area contributed by atoms with Gasteiger partial charge in [-0.05, 0) is 29.0 Å². The van der Waals surface area contributed by atoms with Crippen molar-refractivity contribution in [2.45, 2.75) is 37.6 Å². The van der Waals surface area contributed by atoms with Crippen LogP contribution in [-0.2, 0) is 5.75 Å². The van der Waals surface area contributed by atoms with Gasteiger partial charge in [-0.3, -0.25) is 0 Å². The molecule has 0 bridgehead atoms. The second kappa shape index (κ2) is 6.79. The Labute approximate surface area is 129 Å². The summed E-state index contributed by atoms with van der Waals surface area (Å²) >= 11 is 3.92. The highest BCUT2D eigenvalue weighted by molar-refractivity contribution is 7.98. The van der Waals surface area contributed by atoms with Crippen LogP contribution in [0.25, 0.3) is 0 Å². The lowest BCUT2D eigenvalue weighted by atomic mass is 10.00. The zero-order valence-corrected chi connectivity index (χ0v) is 13.5. The molecule has 1 aliphatic heterocycles. The van der Waals surface area contributed by atoms with Gasteiger partial charge in [-0.2, -0.15) is 11.8 Å². The Hall–Kier alpha value is -0.770. The monoisotopic (exact) mass is 303 g/mol. The fourth-order valence-electron chi connectivity index (χ4n) is 2.85. The van der Waals surface area contributed by atoms with E-state index < -0.39 is 0 Å². The fraction of sp³-hybridized carbons (Fsp3) is 0.412. The number of thiophene rings is 1. The molecular weight excluding hydrogens is 282 g/mol. The molecule has 2 unspecified atom stereocenters. The van der Waals surface area contributed by atoms with E-state index in [0.29, 0.717) is 12.1 Å². The summed E-state index contributed by atoms with van der Waals surface area (Å²) in [7, 11) is 0. The zero-order chi connectivity index (χ0) is 13.8. The van der Waals surface area contributed by atoms with Gasteiger partial charge >= 0.3 is 0 Å². The lowest BCUT2D eigenvalue weighted by Gasteiger charge is -2.30. The van der Waals surface area contributed by atoms with E-state index in [2.05, 4.69) is 54.0 Å². The maximum Gasteiger partial charge on any atom is 0.0420 e. The molecule has 0 amide bonds. The van der Waals surface area contributed by atoms with Gasteiger partial charge in [0.1, 0.15) is 0 Å². The molecule has 0 fully saturated rings. The third-order valence-corrected chi connectivity index (χ3v) is 5.91. The number of benzene rings is 1. The topological polar surface area (TPSA) is 12.0 Å². The second-order valence-corrected chi connectivity index (χ2v) is 7.30. The van der Waals surface area contributed by atoms with Crippen molar-refractivity contribution in [3.05, 3.63) is 57.8 Å². The van der Waals surface area contributed by atoms with E-state index in [1.54, 1.807) is 0 Å². The quantitative estimate of drug-likeness (QED) is 0.818. The van der Waals surface area contributed by atoms with E-state index in [-0.39, 0.29) is 0 Å². The normalized spacial score (nSPS) is 19.6. The van der Waals surface area contributed by atoms with Gasteiger partial charge in [-0.25, -0.2) is 0 Å². The summed E-state index contributed by atoms with van der Waals surface area (Å²) in [4.78, 5) is 1.47. The number of thioether (sulfide) groups is 1. The molecule has 1 N–H and O–H groups in total. The minimum atomic E-state index is 0.489. The average molecular weight is 303 g/mol. The minimum Gasteiger partial charge on any atom is -0.302 e. The van der Waals surface area contributed by atoms with Crippen LogP contribution in [0.15, 0.2) is 41.8 Å². The van der Waals surface area contributed by atoms with Gasteiger partial charge in [-0.1, -0.05) is 43.7 Å². The molecule has 2 aromatic rings. The van der Waals surface area contributed by atoms with Gasteiger partial charge in [0, 0.05) is 28.5 Å². The van der Waals surface area contributed by atoms with Gasteiger partial charge < -0.3 is 5.32 Å². The average Bonchev–Trinajstić information content (AvgIpc) is 3.01. The molecule has 2 atom stereocenters. The van der Waals surface area contributed by atoms with E-state index in [9.17, 15) is 0 Å². The van der Waals surface area contributed by atoms with Crippen LogP contribution in [0.3, 0.4) is 0 Å². The molecule has 3 heteroatoms. The van der Waals surface area contributed by atoms with Gasteiger partial charge in [0.05, 0.1) is 0 Å². The van der Waals surface area contributed by atoms with Gasteiger partial charge in [0.25, 0.3) is 0 Å². The Kier molecular flexibility index (Phi) is 4.81. The van der Waals surface area contributed by atoms with Crippen LogP contribution < -0.4 is 5.32 Å². The first kappa shape index (κ1) is 14.2. The lowest BCUT2D eigenvalue weighted by molar-refractivity contribution is 0.446. The minimum absolute atomic E-state index is 0.489. The molecule has 0 spiro atoms. The first-order valence-corrected chi connectivity index (χ1v) is 9.37. The Morgan fingerprint density at radius 3 is 2.95 bits per heavy atom. The Morgan fingerprint density at radius 1 is 1.25 bits per heavy atom. The molecular formula is C17H21NS2. The highest BCUT2D eigenvalue weighted by Gasteiger charge is 2.23. The third kappa shape index (κ3) is 3.11. The maximum atomic E-state index is 3.91. The SMILES string of the molecule is CCCC(NC1CSCc2ccccc21)c1cccs1. The highest BCUT2D eigenvalue weighted by atomic mass is 32.2. The summed E-state index contributed by atoms with van der Waals surface area (Å²) in [6, 6.07) is 14.3. The molecule has 0 saturated carbocycles. The fourth-order valence-corrected chi connectivity index (χ4v) is 4.78. The van der Waals surface area contributed by atoms with Crippen LogP contribution in [0.2, 0.25) is 0 Å². The number of rotatable bonds is 5. The molecule has 1 aromatic heterocycles. The summed E-state index contributed by atoms with van der Waals surface area (Å²) < 4.78 is 0. The Balaban J connectivity index is 1.79. The van der Waals surface area contributed by atoms with Crippen LogP contribution >= 0.6 is 23.1 Å². The Bertz CT molecular complexity index is 536. The molecule has 2 heterocycles. The Morgan fingerprint density at radius 2 is 2.15 bits per heavy atom. The molecule has 0 saturated heterocycles. The van der Waals surface area contributed by atoms with Gasteiger partial charge in [0.2, 0.25) is 0 Å². The van der Waals surface area contributed by atoms with Crippen molar-refractivity contribution >= 4 is 23.1 Å².